The lowest BCUT2D eigenvalue weighted by atomic mass is 10.1. The van der Waals surface area contributed by atoms with Gasteiger partial charge in [0.15, 0.2) is 5.82 Å². The average molecular weight is 509 g/mol. The molecule has 0 unspecified atom stereocenters. The van der Waals surface area contributed by atoms with Crippen molar-refractivity contribution in [1.29, 1.82) is 0 Å². The molecule has 0 aliphatic carbocycles. The Kier molecular flexibility index (Phi) is 6.53. The second kappa shape index (κ2) is 9.63. The van der Waals surface area contributed by atoms with Gasteiger partial charge in [-0.3, -0.25) is 0 Å². The van der Waals surface area contributed by atoms with E-state index in [-0.39, 0.29) is 5.60 Å². The number of piperazine rings is 1. The Balaban J connectivity index is 1.31. The summed E-state index contributed by atoms with van der Waals surface area (Å²) in [7, 11) is 4.22. The first-order valence-corrected chi connectivity index (χ1v) is 12.6. The number of fused-ring (bicyclic) bond motifs is 1. The molecule has 0 spiro atoms. The lowest BCUT2D eigenvalue weighted by Gasteiger charge is -2.39. The highest BCUT2D eigenvalue weighted by Gasteiger charge is 2.30. The standard InChI is InChI=1S/C26H33ClN8O/c1-17-12-19(14-28-24(17)35-10-8-33(4)9-11-35)31-25-29-15-20(27)23(32-25)30-18-6-7-22-21(13-18)34(5)16-26(2,3)36-22/h6-7,12-15H,8-11,16H2,1-5H3,(H2,29,30,31,32). The minimum Gasteiger partial charge on any atom is -0.484 e. The van der Waals surface area contributed by atoms with Gasteiger partial charge in [0, 0.05) is 38.9 Å². The van der Waals surface area contributed by atoms with Crippen LogP contribution < -0.4 is 25.2 Å². The quantitative estimate of drug-likeness (QED) is 0.510. The van der Waals surface area contributed by atoms with Crippen LogP contribution in [-0.2, 0) is 0 Å². The van der Waals surface area contributed by atoms with Gasteiger partial charge in [0.2, 0.25) is 5.95 Å². The molecule has 0 saturated carbocycles. The fraction of sp³-hybridized carbons (Fsp3) is 0.423. The fourth-order valence-electron chi connectivity index (χ4n) is 4.73. The summed E-state index contributed by atoms with van der Waals surface area (Å²) in [6, 6.07) is 8.05. The Hall–Kier alpha value is -3.30. The molecular weight excluding hydrogens is 476 g/mol. The smallest absolute Gasteiger partial charge is 0.229 e. The molecule has 2 N–H and O–H groups in total. The van der Waals surface area contributed by atoms with E-state index in [2.05, 4.69) is 76.2 Å². The van der Waals surface area contributed by atoms with Crippen molar-refractivity contribution in [2.24, 2.45) is 0 Å². The van der Waals surface area contributed by atoms with Crippen LogP contribution in [-0.4, -0.2) is 72.3 Å². The molecule has 9 nitrogen and oxygen atoms in total. The van der Waals surface area contributed by atoms with Crippen LogP contribution >= 0.6 is 11.6 Å². The number of ether oxygens (including phenoxy) is 1. The predicted molar refractivity (Wildman–Crippen MR) is 147 cm³/mol. The molecule has 2 aromatic heterocycles. The highest BCUT2D eigenvalue weighted by molar-refractivity contribution is 6.32. The topological polar surface area (TPSA) is 81.7 Å². The average Bonchev–Trinajstić information content (AvgIpc) is 2.82. The van der Waals surface area contributed by atoms with Crippen LogP contribution in [0.15, 0.2) is 36.7 Å². The normalized spacial score (nSPS) is 17.4. The number of benzene rings is 1. The molecule has 1 aromatic carbocycles. The zero-order chi connectivity index (χ0) is 25.4. The minimum atomic E-state index is -0.233. The second-order valence-electron chi connectivity index (χ2n) is 10.2. The number of nitrogens with zero attached hydrogens (tertiary/aromatic N) is 6. The Morgan fingerprint density at radius 3 is 2.50 bits per heavy atom. The van der Waals surface area contributed by atoms with E-state index >= 15 is 0 Å². The maximum absolute atomic E-state index is 6.43. The van der Waals surface area contributed by atoms with E-state index < -0.39 is 0 Å². The summed E-state index contributed by atoms with van der Waals surface area (Å²) in [5.74, 6) is 2.85. The number of anilines is 6. The number of rotatable bonds is 5. The van der Waals surface area contributed by atoms with E-state index in [4.69, 9.17) is 21.3 Å². The van der Waals surface area contributed by atoms with Gasteiger partial charge in [0.1, 0.15) is 22.2 Å². The molecular formula is C26H33ClN8O. The van der Waals surface area contributed by atoms with Gasteiger partial charge in [0.25, 0.3) is 0 Å². The fourth-order valence-corrected chi connectivity index (χ4v) is 4.87. The van der Waals surface area contributed by atoms with E-state index in [9.17, 15) is 0 Å². The molecule has 10 heteroatoms. The van der Waals surface area contributed by atoms with Crippen molar-refractivity contribution in [1.82, 2.24) is 19.9 Å². The molecule has 3 aromatic rings. The van der Waals surface area contributed by atoms with Crippen molar-refractivity contribution in [2.45, 2.75) is 26.4 Å². The van der Waals surface area contributed by atoms with Crippen LogP contribution in [0, 0.1) is 6.92 Å². The molecule has 0 atom stereocenters. The highest BCUT2D eigenvalue weighted by Crippen LogP contribution is 2.39. The third-order valence-corrected chi connectivity index (χ3v) is 6.77. The first kappa shape index (κ1) is 24.4. The number of pyridine rings is 1. The monoisotopic (exact) mass is 508 g/mol. The van der Waals surface area contributed by atoms with Crippen LogP contribution in [0.1, 0.15) is 19.4 Å². The molecule has 5 rings (SSSR count). The molecule has 0 bridgehead atoms. The summed E-state index contributed by atoms with van der Waals surface area (Å²) < 4.78 is 6.12. The van der Waals surface area contributed by atoms with Gasteiger partial charge in [0.05, 0.1) is 30.3 Å². The van der Waals surface area contributed by atoms with E-state index in [1.54, 1.807) is 6.20 Å². The van der Waals surface area contributed by atoms with E-state index in [0.717, 1.165) is 66.9 Å². The molecule has 0 amide bonds. The molecule has 2 aliphatic heterocycles. The van der Waals surface area contributed by atoms with Crippen molar-refractivity contribution in [3.05, 3.63) is 47.2 Å². The maximum Gasteiger partial charge on any atom is 0.229 e. The molecule has 1 saturated heterocycles. The Labute approximate surface area is 217 Å². The number of likely N-dealkylation sites (N-methyl/N-ethyl adjacent to an activating group) is 2. The Bertz CT molecular complexity index is 1260. The zero-order valence-electron chi connectivity index (χ0n) is 21.5. The first-order valence-electron chi connectivity index (χ1n) is 12.2. The molecule has 1 fully saturated rings. The molecule has 190 valence electrons. The van der Waals surface area contributed by atoms with E-state index in [0.29, 0.717) is 16.8 Å². The van der Waals surface area contributed by atoms with Crippen LogP contribution in [0.3, 0.4) is 0 Å². The largest absolute Gasteiger partial charge is 0.484 e. The number of hydrogen-bond donors (Lipinski definition) is 2. The number of aryl methyl sites for hydroxylation is 1. The summed E-state index contributed by atoms with van der Waals surface area (Å²) in [5.41, 5.74) is 3.59. The van der Waals surface area contributed by atoms with Crippen LogP contribution in [0.25, 0.3) is 0 Å². The predicted octanol–water partition coefficient (Wildman–Crippen LogP) is 4.68. The van der Waals surface area contributed by atoms with Crippen LogP contribution in [0.4, 0.5) is 34.6 Å². The van der Waals surface area contributed by atoms with Crippen LogP contribution in [0.2, 0.25) is 5.02 Å². The summed E-state index contributed by atoms with van der Waals surface area (Å²) >= 11 is 6.43. The lowest BCUT2D eigenvalue weighted by Crippen LogP contribution is -2.45. The maximum atomic E-state index is 6.43. The number of aromatic nitrogens is 3. The summed E-state index contributed by atoms with van der Waals surface area (Å²) in [6.07, 6.45) is 3.42. The van der Waals surface area contributed by atoms with Gasteiger partial charge in [-0.1, -0.05) is 11.6 Å². The van der Waals surface area contributed by atoms with Crippen LogP contribution in [0.5, 0.6) is 5.75 Å². The molecule has 0 radical (unpaired) electrons. The third kappa shape index (κ3) is 5.27. The van der Waals surface area contributed by atoms with E-state index in [1.165, 1.54) is 0 Å². The third-order valence-electron chi connectivity index (χ3n) is 6.49. The van der Waals surface area contributed by atoms with Gasteiger partial charge in [-0.2, -0.15) is 4.98 Å². The lowest BCUT2D eigenvalue weighted by molar-refractivity contribution is 0.107. The highest BCUT2D eigenvalue weighted by atomic mass is 35.5. The second-order valence-corrected chi connectivity index (χ2v) is 10.6. The Morgan fingerprint density at radius 2 is 1.75 bits per heavy atom. The van der Waals surface area contributed by atoms with Crippen molar-refractivity contribution in [2.75, 3.05) is 67.3 Å². The Morgan fingerprint density at radius 1 is 0.972 bits per heavy atom. The summed E-state index contributed by atoms with van der Waals surface area (Å²) in [6.45, 7) is 11.1. The van der Waals surface area contributed by atoms with Crippen molar-refractivity contribution in [3.8, 4) is 5.75 Å². The minimum absolute atomic E-state index is 0.233. The molecule has 4 heterocycles. The van der Waals surface area contributed by atoms with Crippen molar-refractivity contribution < 1.29 is 4.74 Å². The summed E-state index contributed by atoms with van der Waals surface area (Å²) in [4.78, 5) is 20.6. The number of hydrogen-bond acceptors (Lipinski definition) is 9. The van der Waals surface area contributed by atoms with E-state index in [1.807, 2.05) is 24.4 Å². The van der Waals surface area contributed by atoms with Gasteiger partial charge >= 0.3 is 0 Å². The number of nitrogens with one attached hydrogen (secondary N) is 2. The molecule has 36 heavy (non-hydrogen) atoms. The van der Waals surface area contributed by atoms with Gasteiger partial charge in [-0.15, -0.1) is 0 Å². The zero-order valence-corrected chi connectivity index (χ0v) is 22.2. The first-order chi connectivity index (χ1) is 17.2. The van der Waals surface area contributed by atoms with Crippen molar-refractivity contribution >= 4 is 46.2 Å². The van der Waals surface area contributed by atoms with Gasteiger partial charge in [-0.25, -0.2) is 9.97 Å². The number of halogens is 1. The summed E-state index contributed by atoms with van der Waals surface area (Å²) in [5, 5.41) is 7.02. The molecule has 2 aliphatic rings. The SMILES string of the molecule is Cc1cc(Nc2ncc(Cl)c(Nc3ccc4c(c3)N(C)CC(C)(C)O4)n2)cnc1N1CCN(C)CC1. The van der Waals surface area contributed by atoms with Gasteiger partial charge < -0.3 is 30.1 Å². The van der Waals surface area contributed by atoms with Crippen molar-refractivity contribution in [3.63, 3.8) is 0 Å². The van der Waals surface area contributed by atoms with Gasteiger partial charge in [-0.05, 0) is 57.6 Å².